The molecule has 104 valence electrons. The van der Waals surface area contributed by atoms with Gasteiger partial charge in [0.15, 0.2) is 0 Å². The van der Waals surface area contributed by atoms with Crippen molar-refractivity contribution in [2.45, 2.75) is 27.2 Å². The molecule has 0 aliphatic heterocycles. The Labute approximate surface area is 119 Å². The third kappa shape index (κ3) is 3.23. The van der Waals surface area contributed by atoms with Crippen molar-refractivity contribution in [2.24, 2.45) is 0 Å². The van der Waals surface area contributed by atoms with E-state index in [2.05, 4.69) is 31.0 Å². The lowest BCUT2D eigenvalue weighted by Crippen LogP contribution is -1.99. The molecule has 0 atom stereocenters. The van der Waals surface area contributed by atoms with Gasteiger partial charge < -0.3 is 4.74 Å². The van der Waals surface area contributed by atoms with Crippen molar-refractivity contribution in [2.75, 3.05) is 6.61 Å². The van der Waals surface area contributed by atoms with E-state index in [1.807, 2.05) is 12.1 Å². The van der Waals surface area contributed by atoms with Gasteiger partial charge in [-0.15, -0.1) is 0 Å². The Morgan fingerprint density at radius 1 is 1.30 bits per heavy atom. The second-order valence-corrected chi connectivity index (χ2v) is 4.65. The zero-order valence-corrected chi connectivity index (χ0v) is 12.1. The summed E-state index contributed by atoms with van der Waals surface area (Å²) in [6.45, 7) is 6.37. The molecule has 0 saturated carbocycles. The number of aryl methyl sites for hydroxylation is 2. The normalized spacial score (nSPS) is 11.2. The largest absolute Gasteiger partial charge is 0.463 e. The summed E-state index contributed by atoms with van der Waals surface area (Å²) in [5, 5.41) is 1.16. The van der Waals surface area contributed by atoms with Crippen molar-refractivity contribution >= 4 is 22.9 Å². The van der Waals surface area contributed by atoms with Gasteiger partial charge in [0.1, 0.15) is 0 Å². The van der Waals surface area contributed by atoms with Crippen LogP contribution in [0.5, 0.6) is 0 Å². The molecule has 0 bridgehead atoms. The molecule has 0 amide bonds. The number of nitrogens with zero attached hydrogens (tertiary/aromatic N) is 1. The molecule has 3 nitrogen and oxygen atoms in total. The van der Waals surface area contributed by atoms with Crippen LogP contribution in [0.4, 0.5) is 0 Å². The first-order valence-electron chi connectivity index (χ1n) is 6.89. The van der Waals surface area contributed by atoms with E-state index in [0.29, 0.717) is 6.61 Å². The van der Waals surface area contributed by atoms with Crippen molar-refractivity contribution in [3.63, 3.8) is 0 Å². The van der Waals surface area contributed by atoms with Crippen LogP contribution in [0.3, 0.4) is 0 Å². The standard InChI is InChI=1S/C17H19NO2/c1-4-13-6-8-16-15(11-13)12(3)10-14(18-16)7-9-17(19)20-5-2/h6-11H,4-5H2,1-3H3/b9-7+. The molecule has 2 rings (SSSR count). The fraction of sp³-hybridized carbons (Fsp3) is 0.294. The van der Waals surface area contributed by atoms with Crippen LogP contribution in [0.15, 0.2) is 30.3 Å². The summed E-state index contributed by atoms with van der Waals surface area (Å²) in [4.78, 5) is 15.9. The van der Waals surface area contributed by atoms with E-state index in [9.17, 15) is 4.79 Å². The lowest BCUT2D eigenvalue weighted by molar-refractivity contribution is -0.137. The summed E-state index contributed by atoms with van der Waals surface area (Å²) in [7, 11) is 0. The maximum absolute atomic E-state index is 11.3. The second-order valence-electron chi connectivity index (χ2n) is 4.65. The van der Waals surface area contributed by atoms with Gasteiger partial charge in [0.25, 0.3) is 0 Å². The van der Waals surface area contributed by atoms with E-state index in [0.717, 1.165) is 28.6 Å². The summed E-state index contributed by atoms with van der Waals surface area (Å²) >= 11 is 0. The minimum absolute atomic E-state index is 0.339. The number of hydrogen-bond donors (Lipinski definition) is 0. The van der Waals surface area contributed by atoms with Crippen LogP contribution in [0.1, 0.15) is 30.7 Å². The fourth-order valence-electron chi connectivity index (χ4n) is 2.12. The summed E-state index contributed by atoms with van der Waals surface area (Å²) in [5.74, 6) is -0.339. The van der Waals surface area contributed by atoms with Crippen LogP contribution >= 0.6 is 0 Å². The molecule has 1 aromatic heterocycles. The predicted molar refractivity (Wildman–Crippen MR) is 81.5 cm³/mol. The van der Waals surface area contributed by atoms with Crippen LogP contribution in [0.25, 0.3) is 17.0 Å². The minimum Gasteiger partial charge on any atom is -0.463 e. The first kappa shape index (κ1) is 14.3. The maximum Gasteiger partial charge on any atom is 0.330 e. The summed E-state index contributed by atoms with van der Waals surface area (Å²) in [5.41, 5.74) is 4.18. The first-order chi connectivity index (χ1) is 9.63. The molecule has 0 fully saturated rings. The Hall–Kier alpha value is -2.16. The molecular weight excluding hydrogens is 250 g/mol. The van der Waals surface area contributed by atoms with E-state index in [1.54, 1.807) is 13.0 Å². The zero-order valence-electron chi connectivity index (χ0n) is 12.1. The Kier molecular flexibility index (Phi) is 4.51. The van der Waals surface area contributed by atoms with Crippen molar-refractivity contribution in [1.82, 2.24) is 4.98 Å². The van der Waals surface area contributed by atoms with E-state index in [4.69, 9.17) is 4.74 Å². The second kappa shape index (κ2) is 6.33. The molecule has 0 unspecified atom stereocenters. The molecule has 20 heavy (non-hydrogen) atoms. The van der Waals surface area contributed by atoms with Crippen LogP contribution < -0.4 is 0 Å². The van der Waals surface area contributed by atoms with Gasteiger partial charge in [-0.2, -0.15) is 0 Å². The van der Waals surface area contributed by atoms with Crippen molar-refractivity contribution in [3.05, 3.63) is 47.2 Å². The van der Waals surface area contributed by atoms with Gasteiger partial charge in [0.2, 0.25) is 0 Å². The lowest BCUT2D eigenvalue weighted by atomic mass is 10.0. The van der Waals surface area contributed by atoms with Crippen LogP contribution in [0, 0.1) is 6.92 Å². The highest BCUT2D eigenvalue weighted by Crippen LogP contribution is 2.20. The van der Waals surface area contributed by atoms with Gasteiger partial charge in [-0.25, -0.2) is 9.78 Å². The number of rotatable bonds is 4. The van der Waals surface area contributed by atoms with E-state index >= 15 is 0 Å². The number of esters is 1. The highest BCUT2D eigenvalue weighted by atomic mass is 16.5. The van der Waals surface area contributed by atoms with Crippen molar-refractivity contribution in [3.8, 4) is 0 Å². The number of ether oxygens (including phenoxy) is 1. The molecule has 0 aliphatic carbocycles. The van der Waals surface area contributed by atoms with Gasteiger partial charge in [-0.3, -0.25) is 0 Å². The summed E-state index contributed by atoms with van der Waals surface area (Å²) in [6.07, 6.45) is 4.12. The molecule has 0 saturated heterocycles. The SMILES string of the molecule is CCOC(=O)/C=C/c1cc(C)c2cc(CC)ccc2n1. The third-order valence-corrected chi connectivity index (χ3v) is 3.18. The molecule has 1 aromatic carbocycles. The predicted octanol–water partition coefficient (Wildman–Crippen LogP) is 3.68. The van der Waals surface area contributed by atoms with Gasteiger partial charge in [-0.1, -0.05) is 13.0 Å². The molecule has 0 radical (unpaired) electrons. The molecule has 0 aliphatic rings. The molecule has 1 heterocycles. The smallest absolute Gasteiger partial charge is 0.330 e. The number of hydrogen-bond acceptors (Lipinski definition) is 3. The molecule has 2 aromatic rings. The van der Waals surface area contributed by atoms with Gasteiger partial charge in [0, 0.05) is 11.5 Å². The zero-order chi connectivity index (χ0) is 14.5. The molecule has 0 N–H and O–H groups in total. The molecule has 0 spiro atoms. The maximum atomic E-state index is 11.3. The summed E-state index contributed by atoms with van der Waals surface area (Å²) in [6, 6.07) is 8.28. The van der Waals surface area contributed by atoms with Crippen molar-refractivity contribution in [1.29, 1.82) is 0 Å². The van der Waals surface area contributed by atoms with Gasteiger partial charge in [0.05, 0.1) is 17.8 Å². The average Bonchev–Trinajstić information content (AvgIpc) is 2.45. The quantitative estimate of drug-likeness (QED) is 0.628. The van der Waals surface area contributed by atoms with Gasteiger partial charge >= 0.3 is 5.97 Å². The Morgan fingerprint density at radius 2 is 2.10 bits per heavy atom. The average molecular weight is 269 g/mol. The highest BCUT2D eigenvalue weighted by molar-refractivity contribution is 5.88. The Bertz CT molecular complexity index is 659. The fourth-order valence-corrected chi connectivity index (χ4v) is 2.12. The number of aromatic nitrogens is 1. The monoisotopic (exact) mass is 269 g/mol. The Morgan fingerprint density at radius 3 is 2.80 bits per heavy atom. The molecular formula is C17H19NO2. The van der Waals surface area contributed by atoms with E-state index < -0.39 is 0 Å². The van der Waals surface area contributed by atoms with Crippen molar-refractivity contribution < 1.29 is 9.53 Å². The van der Waals surface area contributed by atoms with Gasteiger partial charge in [-0.05, 0) is 55.7 Å². The first-order valence-corrected chi connectivity index (χ1v) is 6.89. The number of carbonyl (C=O) groups excluding carboxylic acids is 1. The van der Waals surface area contributed by atoms with Crippen LogP contribution in [0.2, 0.25) is 0 Å². The van der Waals surface area contributed by atoms with Crippen LogP contribution in [-0.2, 0) is 16.0 Å². The minimum atomic E-state index is -0.339. The topological polar surface area (TPSA) is 39.2 Å². The summed E-state index contributed by atoms with van der Waals surface area (Å²) < 4.78 is 4.86. The lowest BCUT2D eigenvalue weighted by Gasteiger charge is -2.06. The number of carbonyl (C=O) groups is 1. The molecule has 3 heteroatoms. The number of fused-ring (bicyclic) bond motifs is 1. The number of benzene rings is 1. The highest BCUT2D eigenvalue weighted by Gasteiger charge is 2.03. The van der Waals surface area contributed by atoms with Crippen LogP contribution in [-0.4, -0.2) is 17.6 Å². The number of pyridine rings is 1. The Balaban J connectivity index is 2.35. The van der Waals surface area contributed by atoms with E-state index in [1.165, 1.54) is 11.6 Å². The third-order valence-electron chi connectivity index (χ3n) is 3.18. The van der Waals surface area contributed by atoms with E-state index in [-0.39, 0.29) is 5.97 Å².